The summed E-state index contributed by atoms with van der Waals surface area (Å²) in [6.07, 6.45) is 5.22. The van der Waals surface area contributed by atoms with Crippen molar-refractivity contribution in [3.63, 3.8) is 0 Å². The minimum Gasteiger partial charge on any atom is -0.447 e. The number of nitrogens with zero attached hydrogens (tertiary/aromatic N) is 3. The van der Waals surface area contributed by atoms with Gasteiger partial charge in [0, 0.05) is 31.6 Å². The van der Waals surface area contributed by atoms with Gasteiger partial charge in [0.05, 0.1) is 0 Å². The van der Waals surface area contributed by atoms with Crippen LogP contribution in [0.3, 0.4) is 0 Å². The molecule has 0 amide bonds. The molecule has 100 valence electrons. The smallest absolute Gasteiger partial charge is 0.419 e. The normalized spacial score (nSPS) is 25.7. The molecule has 0 spiro atoms. The summed E-state index contributed by atoms with van der Waals surface area (Å²) < 4.78 is 6.61. The number of hydrogen-bond acceptors (Lipinski definition) is 5. The first-order valence-corrected chi connectivity index (χ1v) is 6.22. The van der Waals surface area contributed by atoms with Gasteiger partial charge in [-0.3, -0.25) is 10.2 Å². The molecule has 6 nitrogen and oxygen atoms in total. The first-order valence-electron chi connectivity index (χ1n) is 6.22. The van der Waals surface area contributed by atoms with Gasteiger partial charge in [-0.05, 0) is 19.4 Å². The molecule has 0 radical (unpaired) electrons. The van der Waals surface area contributed by atoms with Crippen LogP contribution in [0.2, 0.25) is 0 Å². The van der Waals surface area contributed by atoms with Gasteiger partial charge < -0.3 is 4.74 Å². The van der Waals surface area contributed by atoms with Gasteiger partial charge in [-0.15, -0.1) is 0 Å². The molecule has 1 fully saturated rings. The number of carbonyl (C=O) groups is 1. The predicted octanol–water partition coefficient (Wildman–Crippen LogP) is 0.755. The van der Waals surface area contributed by atoms with Crippen LogP contribution in [0.25, 0.3) is 0 Å². The summed E-state index contributed by atoms with van der Waals surface area (Å²) in [6, 6.07) is 0.220. The van der Waals surface area contributed by atoms with Gasteiger partial charge >= 0.3 is 6.09 Å². The summed E-state index contributed by atoms with van der Waals surface area (Å²) in [5, 5.41) is 3.39. The van der Waals surface area contributed by atoms with E-state index in [1.807, 2.05) is 0 Å². The van der Waals surface area contributed by atoms with Gasteiger partial charge in [-0.2, -0.15) is 0 Å². The third-order valence-corrected chi connectivity index (χ3v) is 3.08. The van der Waals surface area contributed by atoms with Crippen LogP contribution in [-0.2, 0) is 4.74 Å². The van der Waals surface area contributed by atoms with Crippen molar-refractivity contribution in [3.8, 4) is 0 Å². The minimum atomic E-state index is -0.375. The van der Waals surface area contributed by atoms with Crippen LogP contribution in [-0.4, -0.2) is 53.5 Å². The first-order chi connectivity index (χ1) is 8.65. The second-order valence-electron chi connectivity index (χ2n) is 4.99. The molecule has 2 unspecified atom stereocenters. The summed E-state index contributed by atoms with van der Waals surface area (Å²) in [5.74, 6) is 0.599. The molecule has 0 aromatic carbocycles. The molecule has 0 bridgehead atoms. The first kappa shape index (κ1) is 13.0. The third-order valence-electron chi connectivity index (χ3n) is 3.08. The highest BCUT2D eigenvalue weighted by molar-refractivity contribution is 5.69. The van der Waals surface area contributed by atoms with Gasteiger partial charge in [0.25, 0.3) is 0 Å². The Balaban J connectivity index is 1.81. The Bertz CT molecular complexity index is 379. The van der Waals surface area contributed by atoms with Crippen LogP contribution in [0.5, 0.6) is 0 Å². The molecule has 6 heteroatoms. The lowest BCUT2D eigenvalue weighted by molar-refractivity contribution is 0.131. The Hall–Kier alpha value is -1.40. The Morgan fingerprint density at radius 1 is 1.61 bits per heavy atom. The van der Waals surface area contributed by atoms with E-state index in [4.69, 9.17) is 4.74 Å². The van der Waals surface area contributed by atoms with Gasteiger partial charge in [0.1, 0.15) is 12.9 Å². The fourth-order valence-corrected chi connectivity index (χ4v) is 2.27. The maximum atomic E-state index is 11.6. The van der Waals surface area contributed by atoms with Crippen molar-refractivity contribution in [2.75, 3.05) is 26.9 Å². The summed E-state index contributed by atoms with van der Waals surface area (Å²) in [7, 11) is 2.09. The Morgan fingerprint density at radius 2 is 2.44 bits per heavy atom. The van der Waals surface area contributed by atoms with Crippen molar-refractivity contribution in [3.05, 3.63) is 18.7 Å². The van der Waals surface area contributed by atoms with Gasteiger partial charge in [0.15, 0.2) is 0 Å². The number of rotatable bonds is 2. The molecule has 1 aliphatic heterocycles. The highest BCUT2D eigenvalue weighted by Crippen LogP contribution is 2.11. The fraction of sp³-hybridized carbons (Fsp3) is 0.667. The molecule has 1 N–H and O–H groups in total. The fourth-order valence-electron chi connectivity index (χ4n) is 2.27. The zero-order valence-electron chi connectivity index (χ0n) is 10.9. The summed E-state index contributed by atoms with van der Waals surface area (Å²) in [5.41, 5.74) is 0. The largest absolute Gasteiger partial charge is 0.447 e. The van der Waals surface area contributed by atoms with Crippen molar-refractivity contribution in [1.29, 1.82) is 0 Å². The maximum absolute atomic E-state index is 11.6. The summed E-state index contributed by atoms with van der Waals surface area (Å²) >= 11 is 0. The quantitative estimate of drug-likeness (QED) is 0.842. The summed E-state index contributed by atoms with van der Waals surface area (Å²) in [6.45, 7) is 4.51. The van der Waals surface area contributed by atoms with Crippen LogP contribution >= 0.6 is 0 Å². The van der Waals surface area contributed by atoms with E-state index in [9.17, 15) is 4.79 Å². The average molecular weight is 252 g/mol. The highest BCUT2D eigenvalue weighted by atomic mass is 16.5. The van der Waals surface area contributed by atoms with E-state index in [0.717, 1.165) is 19.6 Å². The number of imidazole rings is 1. The van der Waals surface area contributed by atoms with Crippen molar-refractivity contribution in [1.82, 2.24) is 19.8 Å². The van der Waals surface area contributed by atoms with Gasteiger partial charge in [-0.1, -0.05) is 6.92 Å². The number of ether oxygens (including phenoxy) is 1. The molecule has 0 aliphatic carbocycles. The van der Waals surface area contributed by atoms with Crippen LogP contribution in [0.4, 0.5) is 4.79 Å². The van der Waals surface area contributed by atoms with E-state index in [1.54, 1.807) is 12.4 Å². The Labute approximate surface area is 107 Å². The zero-order valence-corrected chi connectivity index (χ0v) is 10.9. The molecular weight excluding hydrogens is 232 g/mol. The molecule has 2 atom stereocenters. The third kappa shape index (κ3) is 3.54. The molecule has 1 saturated heterocycles. The zero-order chi connectivity index (χ0) is 13.0. The second-order valence-corrected chi connectivity index (χ2v) is 4.99. The van der Waals surface area contributed by atoms with Gasteiger partial charge in [-0.25, -0.2) is 14.3 Å². The maximum Gasteiger partial charge on any atom is 0.419 e. The number of nitrogens with one attached hydrogen (secondary N) is 1. The number of aromatic nitrogens is 2. The Kier molecular flexibility index (Phi) is 4.33. The van der Waals surface area contributed by atoms with E-state index >= 15 is 0 Å². The molecule has 2 heterocycles. The van der Waals surface area contributed by atoms with Gasteiger partial charge in [0.2, 0.25) is 0 Å². The van der Waals surface area contributed by atoms with Crippen LogP contribution < -0.4 is 5.32 Å². The highest BCUT2D eigenvalue weighted by Gasteiger charge is 2.20. The standard InChI is InChI=1S/C12H20N4O2/c1-10-5-11(14-9-15(2)6-10)7-18-12(17)16-4-3-13-8-16/h3-4,8,10-11,14H,5-7,9H2,1-2H3. The minimum absolute atomic E-state index is 0.220. The van der Waals surface area contributed by atoms with Crippen molar-refractivity contribution in [2.45, 2.75) is 19.4 Å². The van der Waals surface area contributed by atoms with Crippen molar-refractivity contribution < 1.29 is 9.53 Å². The molecule has 1 aromatic heterocycles. The van der Waals surface area contributed by atoms with Crippen LogP contribution in [0, 0.1) is 5.92 Å². The second kappa shape index (κ2) is 5.97. The van der Waals surface area contributed by atoms with E-state index < -0.39 is 0 Å². The van der Waals surface area contributed by atoms with E-state index in [2.05, 4.69) is 29.2 Å². The van der Waals surface area contributed by atoms with Crippen LogP contribution in [0.15, 0.2) is 18.7 Å². The lowest BCUT2D eigenvalue weighted by Gasteiger charge is -2.17. The summed E-state index contributed by atoms with van der Waals surface area (Å²) in [4.78, 5) is 17.7. The molecule has 0 saturated carbocycles. The molecule has 1 aromatic rings. The monoisotopic (exact) mass is 252 g/mol. The lowest BCUT2D eigenvalue weighted by atomic mass is 10.0. The van der Waals surface area contributed by atoms with E-state index in [1.165, 1.54) is 10.9 Å². The number of carbonyl (C=O) groups excluding carboxylic acids is 1. The SMILES string of the molecule is CC1CC(COC(=O)n2ccnc2)NCN(C)C1. The van der Waals surface area contributed by atoms with E-state index in [-0.39, 0.29) is 12.1 Å². The Morgan fingerprint density at radius 3 is 3.17 bits per heavy atom. The molecular formula is C12H20N4O2. The van der Waals surface area contributed by atoms with Crippen molar-refractivity contribution >= 4 is 6.09 Å². The topological polar surface area (TPSA) is 59.4 Å². The van der Waals surface area contributed by atoms with E-state index in [0.29, 0.717) is 12.5 Å². The average Bonchev–Trinajstić information content (AvgIpc) is 2.80. The molecule has 18 heavy (non-hydrogen) atoms. The lowest BCUT2D eigenvalue weighted by Crippen LogP contribution is -2.38. The number of hydrogen-bond donors (Lipinski definition) is 1. The van der Waals surface area contributed by atoms with Crippen LogP contribution in [0.1, 0.15) is 13.3 Å². The molecule has 1 aliphatic rings. The van der Waals surface area contributed by atoms with Crippen molar-refractivity contribution in [2.24, 2.45) is 5.92 Å². The molecule has 2 rings (SSSR count). The predicted molar refractivity (Wildman–Crippen MR) is 67.2 cm³/mol.